The summed E-state index contributed by atoms with van der Waals surface area (Å²) in [7, 11) is 0. The lowest BCUT2D eigenvalue weighted by molar-refractivity contribution is -0.384. The number of nitro benzene ring substituents is 1. The van der Waals surface area contributed by atoms with Gasteiger partial charge in [0, 0.05) is 17.8 Å². The summed E-state index contributed by atoms with van der Waals surface area (Å²) in [5.74, 6) is -0.889. The Hall–Kier alpha value is -3.68. The Balaban J connectivity index is 2.04. The SMILES string of the molecule is CC(C)C(=O)OCCN(CCOC(=O)C(C)C)c1ccc(/C=C/c2ccc([N+](=O)[O-])cc2)cc1. The number of nitro groups is 1. The predicted octanol–water partition coefficient (Wildman–Crippen LogP) is 4.97. The summed E-state index contributed by atoms with van der Waals surface area (Å²) >= 11 is 0. The van der Waals surface area contributed by atoms with Crippen LogP contribution in [0, 0.1) is 22.0 Å². The van der Waals surface area contributed by atoms with Crippen LogP contribution in [0.25, 0.3) is 12.2 Å². The molecule has 0 fully saturated rings. The standard InChI is InChI=1S/C26H32N2O6/c1-19(2)25(29)33-17-15-27(16-18-34-26(30)20(3)4)23-11-7-21(8-12-23)5-6-22-9-13-24(14-10-22)28(31)32/h5-14,19-20H,15-18H2,1-4H3/b6-5+. The third-order valence-corrected chi connectivity index (χ3v) is 4.98. The van der Waals surface area contributed by atoms with E-state index in [9.17, 15) is 19.7 Å². The van der Waals surface area contributed by atoms with Gasteiger partial charge in [0.15, 0.2) is 0 Å². The zero-order valence-corrected chi connectivity index (χ0v) is 20.1. The second kappa shape index (κ2) is 13.1. The van der Waals surface area contributed by atoms with Gasteiger partial charge in [-0.1, -0.05) is 52.0 Å². The van der Waals surface area contributed by atoms with Gasteiger partial charge >= 0.3 is 11.9 Å². The predicted molar refractivity (Wildman–Crippen MR) is 132 cm³/mol. The fourth-order valence-electron chi connectivity index (χ4n) is 2.91. The van der Waals surface area contributed by atoms with E-state index in [4.69, 9.17) is 9.47 Å². The third kappa shape index (κ3) is 8.69. The Morgan fingerprint density at radius 2 is 1.24 bits per heavy atom. The Labute approximate surface area is 200 Å². The van der Waals surface area contributed by atoms with Gasteiger partial charge in [0.05, 0.1) is 29.8 Å². The van der Waals surface area contributed by atoms with Crippen LogP contribution in [0.3, 0.4) is 0 Å². The molecule has 0 bridgehead atoms. The normalized spacial score (nSPS) is 11.1. The van der Waals surface area contributed by atoms with Crippen molar-refractivity contribution in [1.82, 2.24) is 0 Å². The molecule has 0 aromatic heterocycles. The van der Waals surface area contributed by atoms with Crippen molar-refractivity contribution in [2.75, 3.05) is 31.2 Å². The first-order valence-corrected chi connectivity index (χ1v) is 11.3. The minimum Gasteiger partial charge on any atom is -0.464 e. The first-order chi connectivity index (χ1) is 16.2. The first-order valence-electron chi connectivity index (χ1n) is 11.3. The van der Waals surface area contributed by atoms with Crippen molar-refractivity contribution in [3.63, 3.8) is 0 Å². The molecule has 0 radical (unpaired) electrons. The highest BCUT2D eigenvalue weighted by Crippen LogP contribution is 2.18. The molecule has 34 heavy (non-hydrogen) atoms. The number of rotatable bonds is 12. The van der Waals surface area contributed by atoms with Gasteiger partial charge in [-0.15, -0.1) is 0 Å². The molecule has 0 aliphatic heterocycles. The van der Waals surface area contributed by atoms with E-state index in [1.165, 1.54) is 12.1 Å². The Kier molecular flexibility index (Phi) is 10.3. The highest BCUT2D eigenvalue weighted by molar-refractivity contribution is 5.72. The van der Waals surface area contributed by atoms with Crippen LogP contribution in [0.5, 0.6) is 0 Å². The van der Waals surface area contributed by atoms with E-state index in [1.54, 1.807) is 39.8 Å². The summed E-state index contributed by atoms with van der Waals surface area (Å²) in [6.45, 7) is 8.55. The maximum absolute atomic E-state index is 11.8. The Morgan fingerprint density at radius 1 is 0.824 bits per heavy atom. The van der Waals surface area contributed by atoms with Gasteiger partial charge < -0.3 is 14.4 Å². The van der Waals surface area contributed by atoms with E-state index >= 15 is 0 Å². The average Bonchev–Trinajstić information content (AvgIpc) is 2.82. The highest BCUT2D eigenvalue weighted by Gasteiger charge is 2.13. The lowest BCUT2D eigenvalue weighted by Crippen LogP contribution is -2.33. The number of esters is 2. The molecule has 0 heterocycles. The topological polar surface area (TPSA) is 99.0 Å². The number of non-ortho nitro benzene ring substituents is 1. The molecule has 0 aliphatic carbocycles. The van der Waals surface area contributed by atoms with Crippen LogP contribution in [0.15, 0.2) is 48.5 Å². The van der Waals surface area contributed by atoms with Gasteiger partial charge in [-0.05, 0) is 35.4 Å². The third-order valence-electron chi connectivity index (χ3n) is 4.98. The van der Waals surface area contributed by atoms with Crippen molar-refractivity contribution >= 4 is 35.5 Å². The molecule has 0 atom stereocenters. The fraction of sp³-hybridized carbons (Fsp3) is 0.385. The minimum absolute atomic E-state index is 0.0553. The number of hydrogen-bond acceptors (Lipinski definition) is 7. The van der Waals surface area contributed by atoms with Crippen molar-refractivity contribution in [2.45, 2.75) is 27.7 Å². The molecule has 0 unspecified atom stereocenters. The zero-order valence-electron chi connectivity index (χ0n) is 20.1. The molecule has 8 nitrogen and oxygen atoms in total. The molecular formula is C26H32N2O6. The summed E-state index contributed by atoms with van der Waals surface area (Å²) in [5.41, 5.74) is 2.78. The van der Waals surface area contributed by atoms with Gasteiger partial charge in [0.1, 0.15) is 13.2 Å². The van der Waals surface area contributed by atoms with Gasteiger partial charge in [0.2, 0.25) is 0 Å². The maximum atomic E-state index is 11.8. The first kappa shape index (κ1) is 26.6. The molecule has 182 valence electrons. The smallest absolute Gasteiger partial charge is 0.308 e. The molecule has 0 saturated carbocycles. The summed E-state index contributed by atoms with van der Waals surface area (Å²) in [6.07, 6.45) is 3.80. The van der Waals surface area contributed by atoms with Crippen LogP contribution in [0.1, 0.15) is 38.8 Å². The van der Waals surface area contributed by atoms with Crippen molar-refractivity contribution < 1.29 is 24.0 Å². The molecule has 2 aromatic rings. The van der Waals surface area contributed by atoms with Crippen molar-refractivity contribution in [1.29, 1.82) is 0 Å². The van der Waals surface area contributed by atoms with E-state index in [2.05, 4.69) is 0 Å². The summed E-state index contributed by atoms with van der Waals surface area (Å²) in [6, 6.07) is 14.1. The van der Waals surface area contributed by atoms with E-state index in [1.807, 2.05) is 41.3 Å². The average molecular weight is 469 g/mol. The van der Waals surface area contributed by atoms with Crippen LogP contribution in [0.4, 0.5) is 11.4 Å². The van der Waals surface area contributed by atoms with Crippen molar-refractivity contribution in [2.24, 2.45) is 11.8 Å². The van der Waals surface area contributed by atoms with Crippen LogP contribution >= 0.6 is 0 Å². The molecule has 0 saturated heterocycles. The lowest BCUT2D eigenvalue weighted by Gasteiger charge is -2.25. The number of benzene rings is 2. The van der Waals surface area contributed by atoms with Crippen molar-refractivity contribution in [3.05, 3.63) is 69.8 Å². The van der Waals surface area contributed by atoms with Crippen LogP contribution < -0.4 is 4.90 Å². The van der Waals surface area contributed by atoms with E-state index in [-0.39, 0.29) is 42.7 Å². The van der Waals surface area contributed by atoms with E-state index in [0.29, 0.717) is 13.1 Å². The molecule has 8 heteroatoms. The maximum Gasteiger partial charge on any atom is 0.308 e. The second-order valence-electron chi connectivity index (χ2n) is 8.40. The number of hydrogen-bond donors (Lipinski definition) is 0. The number of carbonyl (C=O) groups is 2. The van der Waals surface area contributed by atoms with Crippen LogP contribution in [-0.2, 0) is 19.1 Å². The summed E-state index contributed by atoms with van der Waals surface area (Å²) in [5, 5.41) is 10.8. The quantitative estimate of drug-likeness (QED) is 0.188. The molecule has 0 amide bonds. The van der Waals surface area contributed by atoms with Gasteiger partial charge in [0.25, 0.3) is 5.69 Å². The van der Waals surface area contributed by atoms with Gasteiger partial charge in [-0.25, -0.2) is 0 Å². The Bertz CT molecular complexity index is 955. The summed E-state index contributed by atoms with van der Waals surface area (Å²) in [4.78, 5) is 35.9. The highest BCUT2D eigenvalue weighted by atomic mass is 16.6. The molecular weight excluding hydrogens is 436 g/mol. The Morgan fingerprint density at radius 3 is 1.62 bits per heavy atom. The molecule has 2 rings (SSSR count). The number of anilines is 1. The zero-order chi connectivity index (χ0) is 25.1. The fourth-order valence-corrected chi connectivity index (χ4v) is 2.91. The second-order valence-corrected chi connectivity index (χ2v) is 8.40. The van der Waals surface area contributed by atoms with E-state index < -0.39 is 4.92 Å². The molecule has 2 aromatic carbocycles. The molecule has 0 spiro atoms. The monoisotopic (exact) mass is 468 g/mol. The summed E-state index contributed by atoms with van der Waals surface area (Å²) < 4.78 is 10.6. The number of carbonyl (C=O) groups excluding carboxylic acids is 2. The van der Waals surface area contributed by atoms with Crippen LogP contribution in [0.2, 0.25) is 0 Å². The van der Waals surface area contributed by atoms with Crippen LogP contribution in [-0.4, -0.2) is 43.2 Å². The van der Waals surface area contributed by atoms with Gasteiger partial charge in [-0.3, -0.25) is 19.7 Å². The largest absolute Gasteiger partial charge is 0.464 e. The van der Waals surface area contributed by atoms with Crippen molar-refractivity contribution in [3.8, 4) is 0 Å². The minimum atomic E-state index is -0.425. The molecule has 0 aliphatic rings. The number of ether oxygens (including phenoxy) is 2. The van der Waals surface area contributed by atoms with E-state index in [0.717, 1.165) is 16.8 Å². The van der Waals surface area contributed by atoms with Gasteiger partial charge in [-0.2, -0.15) is 0 Å². The molecule has 0 N–H and O–H groups in total. The lowest BCUT2D eigenvalue weighted by atomic mass is 10.1. The number of nitrogens with zero attached hydrogens (tertiary/aromatic N) is 2.